The largest absolute Gasteiger partial charge is 0.350 e. The first-order valence-corrected chi connectivity index (χ1v) is 10.5. The van der Waals surface area contributed by atoms with Gasteiger partial charge in [0, 0.05) is 48.7 Å². The first-order valence-electron chi connectivity index (χ1n) is 10.5. The van der Waals surface area contributed by atoms with Gasteiger partial charge in [0.25, 0.3) is 0 Å². The first-order chi connectivity index (χ1) is 15.3. The molecule has 8 nitrogen and oxygen atoms in total. The van der Waals surface area contributed by atoms with Gasteiger partial charge in [-0.2, -0.15) is 0 Å². The predicted molar refractivity (Wildman–Crippen MR) is 125 cm³/mol. The number of hydrogen-bond acceptors (Lipinski definition) is 6. The SMILES string of the molecule is Cc1nc(-c2cccnc2)nc(N(C)CC(=O)N2c3ccccc3NC(=O)CC2C)c1C. The summed E-state index contributed by atoms with van der Waals surface area (Å²) in [5.41, 5.74) is 3.92. The Morgan fingerprint density at radius 3 is 2.72 bits per heavy atom. The molecule has 1 aromatic carbocycles. The van der Waals surface area contributed by atoms with Gasteiger partial charge in [0.05, 0.1) is 17.9 Å². The molecule has 2 amide bonds. The van der Waals surface area contributed by atoms with E-state index in [-0.39, 0.29) is 30.8 Å². The summed E-state index contributed by atoms with van der Waals surface area (Å²) < 4.78 is 0. The van der Waals surface area contributed by atoms with Crippen LogP contribution in [0, 0.1) is 13.8 Å². The summed E-state index contributed by atoms with van der Waals surface area (Å²) in [7, 11) is 1.84. The molecule has 2 aromatic heterocycles. The van der Waals surface area contributed by atoms with E-state index in [2.05, 4.69) is 15.3 Å². The molecule has 1 aliphatic rings. The van der Waals surface area contributed by atoms with Crippen LogP contribution in [-0.4, -0.2) is 46.4 Å². The van der Waals surface area contributed by atoms with Gasteiger partial charge in [-0.1, -0.05) is 12.1 Å². The van der Waals surface area contributed by atoms with Crippen molar-refractivity contribution in [3.63, 3.8) is 0 Å². The van der Waals surface area contributed by atoms with Crippen LogP contribution < -0.4 is 15.1 Å². The number of fused-ring (bicyclic) bond motifs is 1. The van der Waals surface area contributed by atoms with Gasteiger partial charge >= 0.3 is 0 Å². The van der Waals surface area contributed by atoms with Crippen LogP contribution in [0.25, 0.3) is 11.4 Å². The molecule has 0 radical (unpaired) electrons. The van der Waals surface area contributed by atoms with Gasteiger partial charge in [-0.05, 0) is 45.0 Å². The number of anilines is 3. The third-order valence-corrected chi connectivity index (χ3v) is 5.65. The normalized spacial score (nSPS) is 15.6. The number of nitrogens with zero attached hydrogens (tertiary/aromatic N) is 5. The fourth-order valence-corrected chi connectivity index (χ4v) is 3.93. The number of carbonyl (C=O) groups excluding carboxylic acids is 2. The summed E-state index contributed by atoms with van der Waals surface area (Å²) in [6, 6.07) is 10.9. The van der Waals surface area contributed by atoms with E-state index in [0.717, 1.165) is 16.8 Å². The molecule has 0 aliphatic carbocycles. The van der Waals surface area contributed by atoms with Crippen LogP contribution in [0.1, 0.15) is 24.6 Å². The monoisotopic (exact) mass is 430 g/mol. The quantitative estimate of drug-likeness (QED) is 0.683. The number of aryl methyl sites for hydroxylation is 1. The fourth-order valence-electron chi connectivity index (χ4n) is 3.93. The van der Waals surface area contributed by atoms with Crippen molar-refractivity contribution in [2.45, 2.75) is 33.2 Å². The maximum atomic E-state index is 13.5. The van der Waals surface area contributed by atoms with E-state index in [1.807, 2.05) is 69.1 Å². The van der Waals surface area contributed by atoms with Gasteiger partial charge in [-0.15, -0.1) is 0 Å². The van der Waals surface area contributed by atoms with Crippen molar-refractivity contribution in [2.75, 3.05) is 28.7 Å². The van der Waals surface area contributed by atoms with Gasteiger partial charge in [0.15, 0.2) is 5.82 Å². The van der Waals surface area contributed by atoms with Crippen molar-refractivity contribution >= 4 is 29.0 Å². The molecule has 1 unspecified atom stereocenters. The molecule has 1 atom stereocenters. The summed E-state index contributed by atoms with van der Waals surface area (Å²) in [6.07, 6.45) is 3.66. The number of likely N-dealkylation sites (N-methyl/N-ethyl adjacent to an activating group) is 1. The molecule has 0 saturated carbocycles. The lowest BCUT2D eigenvalue weighted by Gasteiger charge is -2.30. The molecular formula is C24H26N6O2. The molecule has 1 aliphatic heterocycles. The van der Waals surface area contributed by atoms with Crippen molar-refractivity contribution in [3.8, 4) is 11.4 Å². The molecule has 0 spiro atoms. The van der Waals surface area contributed by atoms with Gasteiger partial charge in [0.1, 0.15) is 5.82 Å². The standard InChI is InChI=1S/C24H26N6O2/c1-15-12-21(31)27-19-9-5-6-10-20(19)30(15)22(32)14-29(4)24-16(2)17(3)26-23(28-24)18-8-7-11-25-13-18/h5-11,13,15H,12,14H2,1-4H3,(H,27,31). The van der Waals surface area contributed by atoms with E-state index in [0.29, 0.717) is 23.0 Å². The maximum absolute atomic E-state index is 13.5. The highest BCUT2D eigenvalue weighted by Crippen LogP contribution is 2.32. The molecule has 0 saturated heterocycles. The second-order valence-electron chi connectivity index (χ2n) is 8.06. The molecule has 4 rings (SSSR count). The number of pyridine rings is 1. The molecule has 0 bridgehead atoms. The number of amides is 2. The minimum atomic E-state index is -0.265. The van der Waals surface area contributed by atoms with Crippen LogP contribution in [0.3, 0.4) is 0 Å². The van der Waals surface area contributed by atoms with Gasteiger partial charge < -0.3 is 15.1 Å². The van der Waals surface area contributed by atoms with E-state index < -0.39 is 0 Å². The minimum Gasteiger partial charge on any atom is -0.350 e. The summed E-state index contributed by atoms with van der Waals surface area (Å²) in [5.74, 6) is 1.05. The molecule has 3 aromatic rings. The van der Waals surface area contributed by atoms with E-state index in [9.17, 15) is 9.59 Å². The topological polar surface area (TPSA) is 91.3 Å². The lowest BCUT2D eigenvalue weighted by atomic mass is 10.1. The first kappa shape index (κ1) is 21.4. The second-order valence-corrected chi connectivity index (χ2v) is 8.06. The number of nitrogens with one attached hydrogen (secondary N) is 1. The Morgan fingerprint density at radius 2 is 1.97 bits per heavy atom. The van der Waals surface area contributed by atoms with E-state index in [4.69, 9.17) is 4.98 Å². The fraction of sp³-hybridized carbons (Fsp3) is 0.292. The molecule has 3 heterocycles. The second kappa shape index (κ2) is 8.74. The highest BCUT2D eigenvalue weighted by atomic mass is 16.2. The Balaban J connectivity index is 1.64. The molecule has 0 fully saturated rings. The van der Waals surface area contributed by atoms with Crippen molar-refractivity contribution < 1.29 is 9.59 Å². The summed E-state index contributed by atoms with van der Waals surface area (Å²) in [4.78, 5) is 42.7. The Hall–Kier alpha value is -3.81. The number of benzene rings is 1. The van der Waals surface area contributed by atoms with Crippen LogP contribution in [0.15, 0.2) is 48.8 Å². The van der Waals surface area contributed by atoms with Crippen molar-refractivity contribution in [1.29, 1.82) is 0 Å². The zero-order valence-corrected chi connectivity index (χ0v) is 18.7. The van der Waals surface area contributed by atoms with E-state index in [1.165, 1.54) is 0 Å². The van der Waals surface area contributed by atoms with Crippen LogP contribution >= 0.6 is 0 Å². The summed E-state index contributed by atoms with van der Waals surface area (Å²) in [5, 5.41) is 2.89. The van der Waals surface area contributed by atoms with Crippen LogP contribution in [0.5, 0.6) is 0 Å². The van der Waals surface area contributed by atoms with Crippen molar-refractivity contribution in [3.05, 3.63) is 60.0 Å². The maximum Gasteiger partial charge on any atom is 0.246 e. The number of carbonyl (C=O) groups is 2. The van der Waals surface area contributed by atoms with Gasteiger partial charge in [0.2, 0.25) is 11.8 Å². The summed E-state index contributed by atoms with van der Waals surface area (Å²) in [6.45, 7) is 5.88. The Morgan fingerprint density at radius 1 is 1.19 bits per heavy atom. The predicted octanol–water partition coefficient (Wildman–Crippen LogP) is 3.36. The zero-order valence-electron chi connectivity index (χ0n) is 18.7. The van der Waals surface area contributed by atoms with Crippen LogP contribution in [0.4, 0.5) is 17.2 Å². The van der Waals surface area contributed by atoms with Crippen LogP contribution in [-0.2, 0) is 9.59 Å². The number of aromatic nitrogens is 3. The van der Waals surface area contributed by atoms with E-state index >= 15 is 0 Å². The van der Waals surface area contributed by atoms with Crippen LogP contribution in [0.2, 0.25) is 0 Å². The van der Waals surface area contributed by atoms with Crippen molar-refractivity contribution in [2.24, 2.45) is 0 Å². The molecule has 164 valence electrons. The van der Waals surface area contributed by atoms with Gasteiger partial charge in [-0.25, -0.2) is 9.97 Å². The van der Waals surface area contributed by atoms with Crippen molar-refractivity contribution in [1.82, 2.24) is 15.0 Å². The average Bonchev–Trinajstić information content (AvgIpc) is 2.90. The lowest BCUT2D eigenvalue weighted by Crippen LogP contribution is -2.44. The molecule has 8 heteroatoms. The number of rotatable bonds is 4. The molecule has 32 heavy (non-hydrogen) atoms. The highest BCUT2D eigenvalue weighted by Gasteiger charge is 2.30. The smallest absolute Gasteiger partial charge is 0.246 e. The average molecular weight is 431 g/mol. The third kappa shape index (κ3) is 4.16. The highest BCUT2D eigenvalue weighted by molar-refractivity contribution is 6.05. The lowest BCUT2D eigenvalue weighted by molar-refractivity contribution is -0.118. The van der Waals surface area contributed by atoms with Gasteiger partial charge in [-0.3, -0.25) is 14.6 Å². The number of hydrogen-bond donors (Lipinski definition) is 1. The number of para-hydroxylation sites is 2. The summed E-state index contributed by atoms with van der Waals surface area (Å²) >= 11 is 0. The Kier molecular flexibility index (Phi) is 5.85. The minimum absolute atomic E-state index is 0.100. The molecular weight excluding hydrogens is 404 g/mol. The third-order valence-electron chi connectivity index (χ3n) is 5.65. The Bertz CT molecular complexity index is 1160. The Labute approximate surface area is 187 Å². The molecule has 1 N–H and O–H groups in total. The van der Waals surface area contributed by atoms with E-state index in [1.54, 1.807) is 17.3 Å². The zero-order chi connectivity index (χ0) is 22.8.